The molecule has 1 saturated heterocycles. The lowest BCUT2D eigenvalue weighted by molar-refractivity contribution is 0.0696. The van der Waals surface area contributed by atoms with Gasteiger partial charge in [-0.2, -0.15) is 0 Å². The highest BCUT2D eigenvalue weighted by atomic mass is 16.2. The molecule has 0 N–H and O–H groups in total. The molecule has 0 spiro atoms. The summed E-state index contributed by atoms with van der Waals surface area (Å²) in [6.07, 6.45) is 0.492. The summed E-state index contributed by atoms with van der Waals surface area (Å²) in [4.78, 5) is 19.4. The number of hydrogen-bond donors (Lipinski definition) is 0. The van der Waals surface area contributed by atoms with Crippen LogP contribution in [0.25, 0.3) is 20.9 Å². The zero-order valence-electron chi connectivity index (χ0n) is 10.7. The molecule has 20 heavy (non-hydrogen) atoms. The molecule has 1 aromatic rings. The molecule has 2 rings (SSSR count). The first-order valence-electron chi connectivity index (χ1n) is 6.19. The van der Waals surface area contributed by atoms with E-state index in [0.29, 0.717) is 18.5 Å². The number of azide groups is 2. The van der Waals surface area contributed by atoms with E-state index >= 15 is 0 Å². The van der Waals surface area contributed by atoms with Crippen LogP contribution in [0.2, 0.25) is 0 Å². The number of hydrogen-bond acceptors (Lipinski definition) is 3. The topological polar surface area (TPSA) is 118 Å². The Bertz CT molecular complexity index is 575. The fourth-order valence-electron chi connectivity index (χ4n) is 2.25. The number of nitrogens with zero attached hydrogens (tertiary/aromatic N) is 7. The largest absolute Gasteiger partial charge is 0.338 e. The molecule has 0 saturated carbocycles. The molecule has 1 aliphatic heterocycles. The highest BCUT2D eigenvalue weighted by molar-refractivity contribution is 5.94. The molecule has 0 aromatic heterocycles. The van der Waals surface area contributed by atoms with Crippen LogP contribution in [0.1, 0.15) is 16.8 Å². The highest BCUT2D eigenvalue weighted by Gasteiger charge is 2.30. The first-order valence-corrected chi connectivity index (χ1v) is 6.19. The van der Waals surface area contributed by atoms with E-state index in [4.69, 9.17) is 11.1 Å². The Kier molecular flexibility index (Phi) is 4.44. The molecule has 0 unspecified atom stereocenters. The molecule has 1 heterocycles. The van der Waals surface area contributed by atoms with Crippen molar-refractivity contribution in [3.63, 3.8) is 0 Å². The van der Waals surface area contributed by atoms with Gasteiger partial charge in [-0.05, 0) is 29.6 Å². The maximum Gasteiger partial charge on any atom is 0.253 e. The Morgan fingerprint density at radius 3 is 2.45 bits per heavy atom. The molecule has 1 fully saturated rings. The quantitative estimate of drug-likeness (QED) is 0.469. The molecule has 102 valence electrons. The number of benzene rings is 1. The summed E-state index contributed by atoms with van der Waals surface area (Å²) in [7, 11) is 0. The highest BCUT2D eigenvalue weighted by Crippen LogP contribution is 2.19. The van der Waals surface area contributed by atoms with Crippen LogP contribution in [0.4, 0.5) is 0 Å². The van der Waals surface area contributed by atoms with Gasteiger partial charge in [0.2, 0.25) is 0 Å². The van der Waals surface area contributed by atoms with Crippen LogP contribution in [0.15, 0.2) is 40.6 Å². The average Bonchev–Trinajstić information content (AvgIpc) is 2.50. The van der Waals surface area contributed by atoms with Crippen molar-refractivity contribution >= 4 is 5.91 Å². The van der Waals surface area contributed by atoms with E-state index in [0.717, 1.165) is 0 Å². The van der Waals surface area contributed by atoms with Crippen molar-refractivity contribution < 1.29 is 4.79 Å². The molecule has 2 atom stereocenters. The third-order valence-corrected chi connectivity index (χ3v) is 3.25. The monoisotopic (exact) mass is 271 g/mol. The fraction of sp³-hybridized carbons (Fsp3) is 0.417. The first-order chi connectivity index (χ1) is 9.76. The van der Waals surface area contributed by atoms with Gasteiger partial charge in [-0.1, -0.05) is 28.4 Å². The summed E-state index contributed by atoms with van der Waals surface area (Å²) in [5.41, 5.74) is 17.7. The zero-order valence-corrected chi connectivity index (χ0v) is 10.7. The molecular formula is C12H13N7O. The van der Waals surface area contributed by atoms with Crippen molar-refractivity contribution in [3.8, 4) is 0 Å². The molecule has 0 radical (unpaired) electrons. The van der Waals surface area contributed by atoms with Gasteiger partial charge in [0.05, 0.1) is 6.04 Å². The van der Waals surface area contributed by atoms with Crippen molar-refractivity contribution in [1.82, 2.24) is 4.90 Å². The lowest BCUT2D eigenvalue weighted by Gasteiger charge is -2.34. The number of likely N-dealkylation sites (tertiary alicyclic amines) is 1. The molecule has 8 heteroatoms. The molecule has 1 aromatic carbocycles. The van der Waals surface area contributed by atoms with Gasteiger partial charge in [0.15, 0.2) is 0 Å². The average molecular weight is 271 g/mol. The van der Waals surface area contributed by atoms with Crippen molar-refractivity contribution in [1.29, 1.82) is 0 Å². The van der Waals surface area contributed by atoms with Gasteiger partial charge in [-0.25, -0.2) is 0 Å². The van der Waals surface area contributed by atoms with Crippen LogP contribution in [0.3, 0.4) is 0 Å². The summed E-state index contributed by atoms with van der Waals surface area (Å²) in [6, 6.07) is 8.01. The van der Waals surface area contributed by atoms with Crippen LogP contribution in [0, 0.1) is 0 Å². The van der Waals surface area contributed by atoms with Crippen LogP contribution in [0.5, 0.6) is 0 Å². The van der Waals surface area contributed by atoms with Crippen LogP contribution in [-0.2, 0) is 0 Å². The number of piperidine rings is 1. The maximum absolute atomic E-state index is 12.3. The Hall–Kier alpha value is -2.69. The summed E-state index contributed by atoms with van der Waals surface area (Å²) in [6.45, 7) is 0.746. The zero-order chi connectivity index (χ0) is 14.4. The second kappa shape index (κ2) is 6.47. The predicted octanol–water partition coefficient (Wildman–Crippen LogP) is 2.89. The van der Waals surface area contributed by atoms with E-state index in [1.165, 1.54) is 0 Å². The Labute approximate surface area is 115 Å². The lowest BCUT2D eigenvalue weighted by atomic mass is 10.00. The van der Waals surface area contributed by atoms with Crippen LogP contribution < -0.4 is 0 Å². The van der Waals surface area contributed by atoms with E-state index in [1.807, 2.05) is 6.07 Å². The maximum atomic E-state index is 12.3. The second-order valence-corrected chi connectivity index (χ2v) is 4.45. The second-order valence-electron chi connectivity index (χ2n) is 4.45. The van der Waals surface area contributed by atoms with Gasteiger partial charge >= 0.3 is 0 Å². The van der Waals surface area contributed by atoms with E-state index in [2.05, 4.69) is 20.1 Å². The van der Waals surface area contributed by atoms with Crippen LogP contribution >= 0.6 is 0 Å². The van der Waals surface area contributed by atoms with Gasteiger partial charge < -0.3 is 4.90 Å². The van der Waals surface area contributed by atoms with Crippen molar-refractivity contribution in [2.24, 2.45) is 10.2 Å². The summed E-state index contributed by atoms with van der Waals surface area (Å²) < 4.78 is 0. The lowest BCUT2D eigenvalue weighted by Crippen LogP contribution is -2.47. The number of rotatable bonds is 3. The van der Waals surface area contributed by atoms with Crippen molar-refractivity contribution in [2.75, 3.05) is 13.1 Å². The number of amides is 1. The van der Waals surface area contributed by atoms with Crippen LogP contribution in [-0.4, -0.2) is 36.0 Å². The van der Waals surface area contributed by atoms with E-state index in [-0.39, 0.29) is 12.5 Å². The molecule has 0 bridgehead atoms. The smallest absolute Gasteiger partial charge is 0.253 e. The molecular weight excluding hydrogens is 258 g/mol. The minimum absolute atomic E-state index is 0.108. The third-order valence-electron chi connectivity index (χ3n) is 3.25. The van der Waals surface area contributed by atoms with Gasteiger partial charge in [0.1, 0.15) is 0 Å². The fourth-order valence-corrected chi connectivity index (χ4v) is 2.25. The minimum Gasteiger partial charge on any atom is -0.338 e. The molecule has 8 nitrogen and oxygen atoms in total. The van der Waals surface area contributed by atoms with E-state index in [1.54, 1.807) is 29.2 Å². The van der Waals surface area contributed by atoms with Crippen molar-refractivity contribution in [3.05, 3.63) is 56.8 Å². The molecule has 1 amide bonds. The Morgan fingerprint density at radius 2 is 1.80 bits per heavy atom. The van der Waals surface area contributed by atoms with Gasteiger partial charge in [0, 0.05) is 34.5 Å². The van der Waals surface area contributed by atoms with Gasteiger partial charge in [-0.15, -0.1) is 0 Å². The summed E-state index contributed by atoms with van der Waals surface area (Å²) in [5, 5.41) is 7.26. The van der Waals surface area contributed by atoms with Crippen molar-refractivity contribution in [2.45, 2.75) is 18.5 Å². The van der Waals surface area contributed by atoms with E-state index in [9.17, 15) is 4.79 Å². The summed E-state index contributed by atoms with van der Waals surface area (Å²) in [5.74, 6) is -0.108. The molecule has 1 aliphatic rings. The van der Waals surface area contributed by atoms with Gasteiger partial charge in [0.25, 0.3) is 5.91 Å². The minimum atomic E-state index is -0.516. The van der Waals surface area contributed by atoms with E-state index < -0.39 is 12.1 Å². The SMILES string of the molecule is [N-]=[N+]=N[C@H]1CCN(C(=O)c2ccccc2)C[C@@H]1N=[N+]=[N-]. The number of carbonyl (C=O) groups is 1. The van der Waals surface area contributed by atoms with Gasteiger partial charge in [-0.3, -0.25) is 4.79 Å². The predicted molar refractivity (Wildman–Crippen MR) is 72.8 cm³/mol. The standard InChI is InChI=1S/C12H13N7O/c13-17-15-10-6-7-19(8-11(10)16-18-14)12(20)9-4-2-1-3-5-9/h1-5,10-11H,6-8H2/t10-,11-/m0/s1. The first kappa shape index (κ1) is 13.7. The third kappa shape index (κ3) is 3.00. The number of carbonyl (C=O) groups excluding carboxylic acids is 1. The summed E-state index contributed by atoms with van der Waals surface area (Å²) >= 11 is 0. The Balaban J connectivity index is 2.14. The Morgan fingerprint density at radius 1 is 1.15 bits per heavy atom. The molecule has 0 aliphatic carbocycles. The normalized spacial score (nSPS) is 21.5.